The van der Waals surface area contributed by atoms with Crippen LogP contribution in [0.15, 0.2) is 12.7 Å². The van der Waals surface area contributed by atoms with Crippen LogP contribution >= 0.6 is 0 Å². The smallest absolute Gasteiger partial charge is 0.377 e. The molecule has 3 N–H and O–H groups in total. The molecule has 1 amide bonds. The van der Waals surface area contributed by atoms with Gasteiger partial charge in [-0.25, -0.2) is 0 Å². The summed E-state index contributed by atoms with van der Waals surface area (Å²) in [5.41, 5.74) is 4.53. The molecule has 0 bridgehead atoms. The monoisotopic (exact) mass is 239 g/mol. The summed E-state index contributed by atoms with van der Waals surface area (Å²) in [5.74, 6) is -0.481. The van der Waals surface area contributed by atoms with Crippen LogP contribution in [0.25, 0.3) is 0 Å². The Morgan fingerprint density at radius 3 is 1.40 bits per heavy atom. The largest absolute Gasteiger partial charge is 0.423 e. The number of aliphatic hydroxyl groups excluding tert-OH is 1. The SMILES string of the molecule is C=CC(N)=O.OC(C(F)(F)F)C(F)(F)F. The van der Waals surface area contributed by atoms with E-state index in [0.29, 0.717) is 0 Å². The predicted molar refractivity (Wildman–Crippen MR) is 37.5 cm³/mol. The average molecular weight is 239 g/mol. The van der Waals surface area contributed by atoms with Crippen molar-refractivity contribution in [1.29, 1.82) is 0 Å². The van der Waals surface area contributed by atoms with Gasteiger partial charge in [0.2, 0.25) is 12.0 Å². The van der Waals surface area contributed by atoms with Gasteiger partial charge in [-0.1, -0.05) is 6.58 Å². The molecule has 15 heavy (non-hydrogen) atoms. The molecule has 0 aliphatic heterocycles. The quantitative estimate of drug-likeness (QED) is 0.532. The number of halogens is 6. The third-order valence-corrected chi connectivity index (χ3v) is 0.821. The zero-order valence-corrected chi connectivity index (χ0v) is 7.06. The van der Waals surface area contributed by atoms with E-state index in [9.17, 15) is 31.1 Å². The van der Waals surface area contributed by atoms with Crippen LogP contribution in [0.2, 0.25) is 0 Å². The Labute approximate surface area is 80.2 Å². The number of amides is 1. The fraction of sp³-hybridized carbons (Fsp3) is 0.500. The number of carbonyl (C=O) groups is 1. The molecule has 0 fully saturated rings. The van der Waals surface area contributed by atoms with Gasteiger partial charge < -0.3 is 10.8 Å². The molecular formula is C6H7F6NO2. The number of rotatable bonds is 1. The molecule has 0 unspecified atom stereocenters. The van der Waals surface area contributed by atoms with Gasteiger partial charge in [0.05, 0.1) is 0 Å². The topological polar surface area (TPSA) is 63.3 Å². The lowest BCUT2D eigenvalue weighted by Gasteiger charge is -2.16. The number of aliphatic hydroxyl groups is 1. The summed E-state index contributed by atoms with van der Waals surface area (Å²) in [7, 11) is 0. The predicted octanol–water partition coefficient (Wildman–Crippen LogP) is 1.13. The second-order valence-electron chi connectivity index (χ2n) is 2.09. The lowest BCUT2D eigenvalue weighted by atomic mass is 10.3. The molecule has 0 saturated heterocycles. The molecule has 0 rings (SSSR count). The van der Waals surface area contributed by atoms with E-state index in [-0.39, 0.29) is 0 Å². The molecule has 0 saturated carbocycles. The van der Waals surface area contributed by atoms with Crippen LogP contribution in [-0.2, 0) is 4.79 Å². The molecule has 0 aromatic carbocycles. The Hall–Kier alpha value is -1.25. The highest BCUT2D eigenvalue weighted by Gasteiger charge is 2.55. The Morgan fingerprint density at radius 2 is 1.40 bits per heavy atom. The normalized spacial score (nSPS) is 11.7. The third-order valence-electron chi connectivity index (χ3n) is 0.821. The van der Waals surface area contributed by atoms with Crippen molar-refractivity contribution in [1.82, 2.24) is 0 Å². The average Bonchev–Trinajstić information content (AvgIpc) is 2.01. The Balaban J connectivity index is 0. The molecule has 3 nitrogen and oxygen atoms in total. The number of hydrogen-bond acceptors (Lipinski definition) is 2. The van der Waals surface area contributed by atoms with Crippen molar-refractivity contribution in [3.8, 4) is 0 Å². The van der Waals surface area contributed by atoms with E-state index < -0.39 is 24.4 Å². The molecule has 0 aromatic heterocycles. The van der Waals surface area contributed by atoms with E-state index in [1.807, 2.05) is 0 Å². The maximum Gasteiger partial charge on any atom is 0.423 e. The highest BCUT2D eigenvalue weighted by Crippen LogP contribution is 2.32. The zero-order chi connectivity index (χ0) is 12.9. The van der Waals surface area contributed by atoms with E-state index >= 15 is 0 Å². The van der Waals surface area contributed by atoms with E-state index in [0.717, 1.165) is 6.08 Å². The second-order valence-corrected chi connectivity index (χ2v) is 2.09. The first kappa shape index (κ1) is 16.2. The van der Waals surface area contributed by atoms with Crippen molar-refractivity contribution < 1.29 is 36.2 Å². The van der Waals surface area contributed by atoms with E-state index in [1.165, 1.54) is 0 Å². The van der Waals surface area contributed by atoms with Crippen LogP contribution in [0.1, 0.15) is 0 Å². The maximum atomic E-state index is 11.0. The van der Waals surface area contributed by atoms with Gasteiger partial charge >= 0.3 is 12.4 Å². The van der Waals surface area contributed by atoms with Crippen molar-refractivity contribution in [2.75, 3.05) is 0 Å². The van der Waals surface area contributed by atoms with Gasteiger partial charge in [-0.2, -0.15) is 26.3 Å². The van der Waals surface area contributed by atoms with Gasteiger partial charge in [-0.05, 0) is 6.08 Å². The van der Waals surface area contributed by atoms with Gasteiger partial charge in [0.15, 0.2) is 0 Å². The molecule has 9 heteroatoms. The highest BCUT2D eigenvalue weighted by molar-refractivity contribution is 5.84. The van der Waals surface area contributed by atoms with Crippen molar-refractivity contribution in [2.45, 2.75) is 18.5 Å². The summed E-state index contributed by atoms with van der Waals surface area (Å²) in [6.07, 6.45) is -14.4. The van der Waals surface area contributed by atoms with Crippen molar-refractivity contribution >= 4 is 5.91 Å². The van der Waals surface area contributed by atoms with Crippen LogP contribution in [-0.4, -0.2) is 29.5 Å². The van der Waals surface area contributed by atoms with Crippen LogP contribution < -0.4 is 5.73 Å². The van der Waals surface area contributed by atoms with Gasteiger partial charge in [0.1, 0.15) is 0 Å². The van der Waals surface area contributed by atoms with E-state index in [2.05, 4.69) is 12.3 Å². The fourth-order valence-corrected chi connectivity index (χ4v) is 0.186. The summed E-state index contributed by atoms with van der Waals surface area (Å²) < 4.78 is 65.9. The summed E-state index contributed by atoms with van der Waals surface area (Å²) in [6.45, 7) is 3.09. The minimum atomic E-state index is -5.63. The molecule has 0 radical (unpaired) electrons. The highest BCUT2D eigenvalue weighted by atomic mass is 19.4. The lowest BCUT2D eigenvalue weighted by Crippen LogP contribution is -2.41. The molecule has 0 heterocycles. The van der Waals surface area contributed by atoms with Crippen LogP contribution in [0, 0.1) is 0 Å². The molecule has 0 aromatic rings. The van der Waals surface area contributed by atoms with Crippen molar-refractivity contribution in [2.24, 2.45) is 5.73 Å². The number of carbonyl (C=O) groups excluding carboxylic acids is 1. The van der Waals surface area contributed by atoms with Gasteiger partial charge in [-0.15, -0.1) is 0 Å². The zero-order valence-electron chi connectivity index (χ0n) is 7.06. The fourth-order valence-electron chi connectivity index (χ4n) is 0.186. The summed E-state index contributed by atoms with van der Waals surface area (Å²) >= 11 is 0. The first-order valence-corrected chi connectivity index (χ1v) is 3.16. The standard InChI is InChI=1S/C3H2F6O.C3H5NO/c4-2(5,6)1(10)3(7,8)9;1-2-3(4)5/h1,10H;2H,1H2,(H2,4,5). The number of nitrogens with two attached hydrogens (primary N) is 1. The van der Waals surface area contributed by atoms with Gasteiger partial charge in [0, 0.05) is 0 Å². The molecule has 0 aliphatic rings. The van der Waals surface area contributed by atoms with Gasteiger partial charge in [0.25, 0.3) is 0 Å². The Bertz CT molecular complexity index is 207. The maximum absolute atomic E-state index is 11.0. The molecule has 0 atom stereocenters. The Kier molecular flexibility index (Phi) is 6.03. The number of alkyl halides is 6. The van der Waals surface area contributed by atoms with Crippen LogP contribution in [0.3, 0.4) is 0 Å². The van der Waals surface area contributed by atoms with Crippen LogP contribution in [0.5, 0.6) is 0 Å². The number of primary amides is 1. The van der Waals surface area contributed by atoms with Crippen molar-refractivity contribution in [3.63, 3.8) is 0 Å². The van der Waals surface area contributed by atoms with E-state index in [4.69, 9.17) is 5.11 Å². The minimum absolute atomic E-state index is 0.481. The third kappa shape index (κ3) is 9.06. The van der Waals surface area contributed by atoms with Gasteiger partial charge in [-0.3, -0.25) is 4.79 Å². The molecule has 0 aliphatic carbocycles. The molecular weight excluding hydrogens is 232 g/mol. The lowest BCUT2D eigenvalue weighted by molar-refractivity contribution is -0.308. The summed E-state index contributed by atoms with van der Waals surface area (Å²) in [4.78, 5) is 9.47. The van der Waals surface area contributed by atoms with Crippen molar-refractivity contribution in [3.05, 3.63) is 12.7 Å². The molecule has 0 spiro atoms. The minimum Gasteiger partial charge on any atom is -0.377 e. The summed E-state index contributed by atoms with van der Waals surface area (Å²) in [6, 6.07) is 0. The first-order chi connectivity index (χ1) is 6.42. The first-order valence-electron chi connectivity index (χ1n) is 3.16. The molecule has 90 valence electrons. The summed E-state index contributed by atoms with van der Waals surface area (Å²) in [5, 5.41) is 7.47. The second kappa shape index (κ2) is 5.59. The van der Waals surface area contributed by atoms with E-state index in [1.54, 1.807) is 0 Å². The number of hydrogen-bond donors (Lipinski definition) is 2. The van der Waals surface area contributed by atoms with Crippen LogP contribution in [0.4, 0.5) is 26.3 Å². The Morgan fingerprint density at radius 1 is 1.20 bits per heavy atom.